The molecule has 1 N–H and O–H groups in total. The van der Waals surface area contributed by atoms with Crippen molar-refractivity contribution >= 4 is 12.0 Å². The minimum atomic E-state index is -0.305. The number of likely N-dealkylation sites (tertiary alicyclic amines) is 1. The number of rotatable bonds is 4. The van der Waals surface area contributed by atoms with Crippen molar-refractivity contribution in [3.8, 4) is 0 Å². The zero-order valence-electron chi connectivity index (χ0n) is 14.2. The van der Waals surface area contributed by atoms with Crippen LogP contribution >= 0.6 is 0 Å². The van der Waals surface area contributed by atoms with Gasteiger partial charge in [-0.15, -0.1) is 0 Å². The van der Waals surface area contributed by atoms with E-state index < -0.39 is 0 Å². The Morgan fingerprint density at radius 3 is 2.67 bits per heavy atom. The second-order valence-electron chi connectivity index (χ2n) is 6.69. The van der Waals surface area contributed by atoms with Gasteiger partial charge in [-0.25, -0.2) is 4.79 Å². The first-order chi connectivity index (χ1) is 11.7. The van der Waals surface area contributed by atoms with Crippen LogP contribution in [0.15, 0.2) is 30.3 Å². The SMILES string of the molecule is CCOC(=O)N1CCC[C@H](C(=O)N[C@@H]2CC[C@H]2c2ccccc2)C1. The van der Waals surface area contributed by atoms with Crippen LogP contribution in [0.25, 0.3) is 0 Å². The van der Waals surface area contributed by atoms with Gasteiger partial charge in [0, 0.05) is 25.0 Å². The molecule has 5 heteroatoms. The van der Waals surface area contributed by atoms with E-state index in [0.29, 0.717) is 25.6 Å². The molecule has 0 unspecified atom stereocenters. The van der Waals surface area contributed by atoms with Crippen molar-refractivity contribution in [1.82, 2.24) is 10.2 Å². The van der Waals surface area contributed by atoms with Gasteiger partial charge in [-0.3, -0.25) is 4.79 Å². The number of carbonyl (C=O) groups is 2. The van der Waals surface area contributed by atoms with Crippen LogP contribution in [0.1, 0.15) is 44.1 Å². The summed E-state index contributed by atoms with van der Waals surface area (Å²) in [7, 11) is 0. The Kier molecular flexibility index (Phi) is 5.38. The largest absolute Gasteiger partial charge is 0.450 e. The predicted octanol–water partition coefficient (Wildman–Crippen LogP) is 2.92. The van der Waals surface area contributed by atoms with Crippen LogP contribution in [0.3, 0.4) is 0 Å². The summed E-state index contributed by atoms with van der Waals surface area (Å²) in [5, 5.41) is 3.21. The first kappa shape index (κ1) is 16.8. The Hall–Kier alpha value is -2.04. The van der Waals surface area contributed by atoms with Crippen molar-refractivity contribution in [1.29, 1.82) is 0 Å². The summed E-state index contributed by atoms with van der Waals surface area (Å²) in [6.45, 7) is 3.31. The van der Waals surface area contributed by atoms with Crippen LogP contribution < -0.4 is 5.32 Å². The van der Waals surface area contributed by atoms with Gasteiger partial charge in [0.05, 0.1) is 12.5 Å². The van der Waals surface area contributed by atoms with E-state index in [1.54, 1.807) is 11.8 Å². The van der Waals surface area contributed by atoms with Crippen LogP contribution in [0.4, 0.5) is 4.79 Å². The number of nitrogens with one attached hydrogen (secondary N) is 1. The van der Waals surface area contributed by atoms with Gasteiger partial charge in [0.1, 0.15) is 0 Å². The van der Waals surface area contributed by atoms with Gasteiger partial charge in [0.15, 0.2) is 0 Å². The molecule has 0 spiro atoms. The molecule has 1 heterocycles. The third-order valence-corrected chi connectivity index (χ3v) is 5.15. The van der Waals surface area contributed by atoms with Gasteiger partial charge in [-0.1, -0.05) is 30.3 Å². The maximum absolute atomic E-state index is 12.6. The molecule has 130 valence electrons. The van der Waals surface area contributed by atoms with E-state index in [9.17, 15) is 9.59 Å². The standard InChI is InChI=1S/C19H26N2O3/c1-2-24-19(23)21-12-6-9-15(13-21)18(22)20-17-11-10-16(17)14-7-4-3-5-8-14/h3-5,7-8,15-17H,2,6,9-13H2,1H3,(H,20,22)/t15-,16-,17+/m0/s1. The summed E-state index contributed by atoms with van der Waals surface area (Å²) in [6, 6.07) is 10.6. The maximum Gasteiger partial charge on any atom is 0.409 e. The first-order valence-electron chi connectivity index (χ1n) is 8.96. The molecule has 3 atom stereocenters. The lowest BCUT2D eigenvalue weighted by Gasteiger charge is -2.39. The summed E-state index contributed by atoms with van der Waals surface area (Å²) >= 11 is 0. The molecule has 5 nitrogen and oxygen atoms in total. The summed E-state index contributed by atoms with van der Waals surface area (Å²) in [5.41, 5.74) is 1.30. The number of hydrogen-bond donors (Lipinski definition) is 1. The number of nitrogens with zero attached hydrogens (tertiary/aromatic N) is 1. The van der Waals surface area contributed by atoms with Crippen molar-refractivity contribution in [3.63, 3.8) is 0 Å². The Morgan fingerprint density at radius 1 is 1.21 bits per heavy atom. The summed E-state index contributed by atoms with van der Waals surface area (Å²) in [5.74, 6) is 0.370. The van der Waals surface area contributed by atoms with E-state index in [2.05, 4.69) is 17.4 Å². The molecule has 1 saturated heterocycles. The second-order valence-corrected chi connectivity index (χ2v) is 6.69. The molecule has 2 fully saturated rings. The van der Waals surface area contributed by atoms with E-state index >= 15 is 0 Å². The topological polar surface area (TPSA) is 58.6 Å². The molecule has 3 rings (SSSR count). The highest BCUT2D eigenvalue weighted by Crippen LogP contribution is 2.37. The summed E-state index contributed by atoms with van der Waals surface area (Å²) < 4.78 is 5.05. The van der Waals surface area contributed by atoms with Crippen molar-refractivity contribution in [2.75, 3.05) is 19.7 Å². The van der Waals surface area contributed by atoms with Gasteiger partial charge < -0.3 is 15.0 Å². The van der Waals surface area contributed by atoms with Crippen molar-refractivity contribution in [2.24, 2.45) is 5.92 Å². The maximum atomic E-state index is 12.6. The molecule has 0 bridgehead atoms. The Bertz CT molecular complexity index is 575. The lowest BCUT2D eigenvalue weighted by Crippen LogP contribution is -2.51. The van der Waals surface area contributed by atoms with Gasteiger partial charge >= 0.3 is 6.09 Å². The molecular formula is C19H26N2O3. The molecule has 1 aromatic rings. The summed E-state index contributed by atoms with van der Waals surface area (Å²) in [6.07, 6.45) is 3.53. The Balaban J connectivity index is 1.54. The smallest absolute Gasteiger partial charge is 0.409 e. The molecule has 1 aromatic carbocycles. The molecule has 24 heavy (non-hydrogen) atoms. The number of benzene rings is 1. The van der Waals surface area contributed by atoms with Crippen molar-refractivity contribution < 1.29 is 14.3 Å². The average Bonchev–Trinajstić information content (AvgIpc) is 2.60. The van der Waals surface area contributed by atoms with Crippen LogP contribution in [-0.4, -0.2) is 42.6 Å². The third-order valence-electron chi connectivity index (χ3n) is 5.15. The van der Waals surface area contributed by atoms with Crippen LogP contribution in [0, 0.1) is 5.92 Å². The molecule has 2 amide bonds. The van der Waals surface area contributed by atoms with Crippen molar-refractivity contribution in [2.45, 2.75) is 44.6 Å². The number of piperidine rings is 1. The lowest BCUT2D eigenvalue weighted by atomic mass is 9.75. The van der Waals surface area contributed by atoms with Gasteiger partial charge in [0.2, 0.25) is 5.91 Å². The molecule has 1 aliphatic heterocycles. The summed E-state index contributed by atoms with van der Waals surface area (Å²) in [4.78, 5) is 26.1. The molecule has 2 aliphatic rings. The van der Waals surface area contributed by atoms with Crippen molar-refractivity contribution in [3.05, 3.63) is 35.9 Å². The Labute approximate surface area is 143 Å². The zero-order chi connectivity index (χ0) is 16.9. The van der Waals surface area contributed by atoms with Crippen LogP contribution in [0.2, 0.25) is 0 Å². The fourth-order valence-electron chi connectivity index (χ4n) is 3.64. The molecule has 0 aromatic heterocycles. The lowest BCUT2D eigenvalue weighted by molar-refractivity contribution is -0.127. The van der Waals surface area contributed by atoms with Crippen LogP contribution in [-0.2, 0) is 9.53 Å². The second kappa shape index (κ2) is 7.69. The van der Waals surface area contributed by atoms with E-state index in [4.69, 9.17) is 4.74 Å². The number of hydrogen-bond acceptors (Lipinski definition) is 3. The molecule has 1 aliphatic carbocycles. The predicted molar refractivity (Wildman–Crippen MR) is 91.7 cm³/mol. The first-order valence-corrected chi connectivity index (χ1v) is 8.96. The fraction of sp³-hybridized carbons (Fsp3) is 0.579. The van der Waals surface area contributed by atoms with Gasteiger partial charge in [-0.05, 0) is 38.2 Å². The zero-order valence-corrected chi connectivity index (χ0v) is 14.2. The Morgan fingerprint density at radius 2 is 2.00 bits per heavy atom. The van der Waals surface area contributed by atoms with E-state index in [0.717, 1.165) is 25.7 Å². The average molecular weight is 330 g/mol. The van der Waals surface area contributed by atoms with Gasteiger partial charge in [-0.2, -0.15) is 0 Å². The third kappa shape index (κ3) is 3.71. The van der Waals surface area contributed by atoms with Gasteiger partial charge in [0.25, 0.3) is 0 Å². The highest BCUT2D eigenvalue weighted by Gasteiger charge is 2.36. The van der Waals surface area contributed by atoms with E-state index in [1.165, 1.54) is 5.56 Å². The molecule has 1 saturated carbocycles. The van der Waals surface area contributed by atoms with E-state index in [-0.39, 0.29) is 24.0 Å². The van der Waals surface area contributed by atoms with E-state index in [1.807, 2.05) is 18.2 Å². The quantitative estimate of drug-likeness (QED) is 0.923. The fourth-order valence-corrected chi connectivity index (χ4v) is 3.64. The van der Waals surface area contributed by atoms with Crippen LogP contribution in [0.5, 0.6) is 0 Å². The monoisotopic (exact) mass is 330 g/mol. The minimum absolute atomic E-state index is 0.0784. The number of amides is 2. The number of ether oxygens (including phenoxy) is 1. The number of carbonyl (C=O) groups excluding carboxylic acids is 2. The molecular weight excluding hydrogens is 304 g/mol. The highest BCUT2D eigenvalue weighted by molar-refractivity contribution is 5.80. The minimum Gasteiger partial charge on any atom is -0.450 e. The normalized spacial score (nSPS) is 26.4. The highest BCUT2D eigenvalue weighted by atomic mass is 16.6. The molecule has 0 radical (unpaired) electrons.